The number of aryl methyl sites for hydroxylation is 1. The predicted molar refractivity (Wildman–Crippen MR) is 69.6 cm³/mol. The van der Waals surface area contributed by atoms with Crippen molar-refractivity contribution in [3.63, 3.8) is 0 Å². The molecule has 3 nitrogen and oxygen atoms in total. The Hall–Kier alpha value is -1.74. The summed E-state index contributed by atoms with van der Waals surface area (Å²) in [5.41, 5.74) is 3.85. The maximum Gasteiger partial charge on any atom is 0.0752 e. The molecule has 2 rings (SSSR count). The second-order valence-electron chi connectivity index (χ2n) is 3.86. The smallest absolute Gasteiger partial charge is 0.0752 e. The molecule has 17 heavy (non-hydrogen) atoms. The molecule has 0 bridgehead atoms. The van der Waals surface area contributed by atoms with Gasteiger partial charge >= 0.3 is 0 Å². The quantitative estimate of drug-likeness (QED) is 0.493. The Morgan fingerprint density at radius 2 is 2.00 bits per heavy atom. The molecule has 0 unspecified atom stereocenters. The fourth-order valence-electron chi connectivity index (χ4n) is 1.98. The molecule has 0 radical (unpaired) electrons. The third kappa shape index (κ3) is 2.06. The van der Waals surface area contributed by atoms with E-state index >= 15 is 0 Å². The Morgan fingerprint density at radius 1 is 1.29 bits per heavy atom. The summed E-state index contributed by atoms with van der Waals surface area (Å²) >= 11 is 6.19. The van der Waals surface area contributed by atoms with Crippen LogP contribution < -0.4 is 0 Å². The summed E-state index contributed by atoms with van der Waals surface area (Å²) in [6.07, 6.45) is 1.43. The third-order valence-electron chi connectivity index (χ3n) is 2.76. The Bertz CT molecular complexity index is 573. The van der Waals surface area contributed by atoms with Gasteiger partial charge in [0.1, 0.15) is 0 Å². The molecule has 0 aliphatic rings. The van der Waals surface area contributed by atoms with Crippen LogP contribution in [-0.2, 0) is 0 Å². The Labute approximate surface area is 105 Å². The standard InChI is InChI=1S/C13H13ClN2O/c1-9-7-11(8-15-17)10(2)16(9)13-6-4-3-5-12(13)14/h3-8,17H,1-2H3/b15-8+. The van der Waals surface area contributed by atoms with Crippen molar-refractivity contribution < 1.29 is 5.21 Å². The molecule has 0 saturated heterocycles. The molecule has 0 fully saturated rings. The van der Waals surface area contributed by atoms with Crippen molar-refractivity contribution in [2.75, 3.05) is 0 Å². The summed E-state index contributed by atoms with van der Waals surface area (Å²) in [5, 5.41) is 12.4. The highest BCUT2D eigenvalue weighted by Gasteiger charge is 2.11. The first kappa shape index (κ1) is 11.7. The van der Waals surface area contributed by atoms with Gasteiger partial charge in [-0.1, -0.05) is 28.9 Å². The minimum Gasteiger partial charge on any atom is -0.411 e. The van der Waals surface area contributed by atoms with Gasteiger partial charge in [0, 0.05) is 17.0 Å². The molecule has 0 amide bonds. The van der Waals surface area contributed by atoms with Gasteiger partial charge in [-0.05, 0) is 32.0 Å². The van der Waals surface area contributed by atoms with Gasteiger partial charge in [-0.15, -0.1) is 0 Å². The number of oxime groups is 1. The summed E-state index contributed by atoms with van der Waals surface area (Å²) < 4.78 is 2.04. The molecule has 1 heterocycles. The van der Waals surface area contributed by atoms with Crippen molar-refractivity contribution >= 4 is 17.8 Å². The second kappa shape index (κ2) is 4.63. The number of para-hydroxylation sites is 1. The Kier molecular flexibility index (Phi) is 3.20. The van der Waals surface area contributed by atoms with Crippen molar-refractivity contribution in [3.05, 3.63) is 52.3 Å². The number of hydrogen-bond donors (Lipinski definition) is 1. The first-order chi connectivity index (χ1) is 8.15. The lowest BCUT2D eigenvalue weighted by atomic mass is 10.2. The maximum atomic E-state index is 8.60. The lowest BCUT2D eigenvalue weighted by Gasteiger charge is -2.11. The molecule has 1 aromatic heterocycles. The van der Waals surface area contributed by atoms with E-state index in [1.54, 1.807) is 0 Å². The minimum atomic E-state index is 0.696. The molecule has 1 aromatic carbocycles. The van der Waals surface area contributed by atoms with Crippen molar-refractivity contribution in [2.24, 2.45) is 5.16 Å². The third-order valence-corrected chi connectivity index (χ3v) is 3.08. The summed E-state index contributed by atoms with van der Waals surface area (Å²) in [4.78, 5) is 0. The fourth-order valence-corrected chi connectivity index (χ4v) is 2.20. The molecule has 2 aromatic rings. The monoisotopic (exact) mass is 248 g/mol. The highest BCUT2D eigenvalue weighted by Crippen LogP contribution is 2.25. The predicted octanol–water partition coefficient (Wildman–Crippen LogP) is 3.56. The summed E-state index contributed by atoms with van der Waals surface area (Å²) in [5.74, 6) is 0. The molecule has 4 heteroatoms. The summed E-state index contributed by atoms with van der Waals surface area (Å²) in [6, 6.07) is 9.62. The zero-order valence-electron chi connectivity index (χ0n) is 9.68. The number of hydrogen-bond acceptors (Lipinski definition) is 2. The van der Waals surface area contributed by atoms with E-state index in [2.05, 4.69) is 5.16 Å². The summed E-state index contributed by atoms with van der Waals surface area (Å²) in [6.45, 7) is 3.96. The van der Waals surface area contributed by atoms with Crippen LogP contribution in [-0.4, -0.2) is 16.0 Å². The van der Waals surface area contributed by atoms with Crippen LogP contribution in [0, 0.1) is 13.8 Å². The van der Waals surface area contributed by atoms with Gasteiger partial charge < -0.3 is 9.77 Å². The average molecular weight is 249 g/mol. The molecular weight excluding hydrogens is 236 g/mol. The number of halogens is 1. The average Bonchev–Trinajstić information content (AvgIpc) is 2.57. The van der Waals surface area contributed by atoms with E-state index in [0.29, 0.717) is 5.02 Å². The van der Waals surface area contributed by atoms with Crippen molar-refractivity contribution in [1.29, 1.82) is 0 Å². The number of rotatable bonds is 2. The van der Waals surface area contributed by atoms with E-state index in [1.165, 1.54) is 6.21 Å². The second-order valence-corrected chi connectivity index (χ2v) is 4.27. The van der Waals surface area contributed by atoms with Crippen molar-refractivity contribution in [1.82, 2.24) is 4.57 Å². The van der Waals surface area contributed by atoms with Crippen molar-refractivity contribution in [3.8, 4) is 5.69 Å². The zero-order chi connectivity index (χ0) is 12.4. The van der Waals surface area contributed by atoms with Crippen LogP contribution in [0.5, 0.6) is 0 Å². The Morgan fingerprint density at radius 3 is 2.65 bits per heavy atom. The largest absolute Gasteiger partial charge is 0.411 e. The molecule has 0 aliphatic heterocycles. The Balaban J connectivity index is 2.64. The van der Waals surface area contributed by atoms with E-state index in [-0.39, 0.29) is 0 Å². The highest BCUT2D eigenvalue weighted by atomic mass is 35.5. The van der Waals surface area contributed by atoms with E-state index in [1.807, 2.05) is 48.7 Å². The van der Waals surface area contributed by atoms with Gasteiger partial charge in [-0.25, -0.2) is 0 Å². The van der Waals surface area contributed by atoms with Gasteiger partial charge in [-0.2, -0.15) is 0 Å². The highest BCUT2D eigenvalue weighted by molar-refractivity contribution is 6.32. The van der Waals surface area contributed by atoms with Crippen LogP contribution in [0.15, 0.2) is 35.5 Å². The first-order valence-corrected chi connectivity index (χ1v) is 5.64. The van der Waals surface area contributed by atoms with Crippen LogP contribution in [0.25, 0.3) is 5.69 Å². The van der Waals surface area contributed by atoms with Gasteiger partial charge in [0.2, 0.25) is 0 Å². The molecule has 0 spiro atoms. The minimum absolute atomic E-state index is 0.696. The first-order valence-electron chi connectivity index (χ1n) is 5.26. The molecular formula is C13H13ClN2O. The van der Waals surface area contributed by atoms with Crippen LogP contribution >= 0.6 is 11.6 Å². The molecule has 88 valence electrons. The molecule has 0 saturated carbocycles. The lowest BCUT2D eigenvalue weighted by molar-refractivity contribution is 0.322. The van der Waals surface area contributed by atoms with Gasteiger partial charge in [-0.3, -0.25) is 0 Å². The van der Waals surface area contributed by atoms with Crippen LogP contribution in [0.2, 0.25) is 5.02 Å². The molecule has 0 atom stereocenters. The fraction of sp³-hybridized carbons (Fsp3) is 0.154. The number of aromatic nitrogens is 1. The van der Waals surface area contributed by atoms with E-state index in [0.717, 1.165) is 22.6 Å². The van der Waals surface area contributed by atoms with Crippen LogP contribution in [0.4, 0.5) is 0 Å². The molecule has 1 N–H and O–H groups in total. The number of benzene rings is 1. The number of nitrogens with zero attached hydrogens (tertiary/aromatic N) is 2. The van der Waals surface area contributed by atoms with Crippen molar-refractivity contribution in [2.45, 2.75) is 13.8 Å². The zero-order valence-corrected chi connectivity index (χ0v) is 10.4. The normalized spacial score (nSPS) is 11.2. The summed E-state index contributed by atoms with van der Waals surface area (Å²) in [7, 11) is 0. The van der Waals surface area contributed by atoms with Crippen LogP contribution in [0.3, 0.4) is 0 Å². The topological polar surface area (TPSA) is 37.5 Å². The van der Waals surface area contributed by atoms with E-state index in [4.69, 9.17) is 16.8 Å². The van der Waals surface area contributed by atoms with Gasteiger partial charge in [0.15, 0.2) is 0 Å². The van der Waals surface area contributed by atoms with E-state index < -0.39 is 0 Å². The molecule has 0 aliphatic carbocycles. The van der Waals surface area contributed by atoms with Gasteiger partial charge in [0.25, 0.3) is 0 Å². The van der Waals surface area contributed by atoms with Gasteiger partial charge in [0.05, 0.1) is 16.9 Å². The SMILES string of the molecule is Cc1cc(/C=N/O)c(C)n1-c1ccccc1Cl. The van der Waals surface area contributed by atoms with E-state index in [9.17, 15) is 0 Å². The maximum absolute atomic E-state index is 8.60. The van der Waals surface area contributed by atoms with Crippen LogP contribution in [0.1, 0.15) is 17.0 Å². The lowest BCUT2D eigenvalue weighted by Crippen LogP contribution is -2.00.